The molecule has 1 heterocycles. The van der Waals surface area contributed by atoms with Crippen LogP contribution in [-0.2, 0) is 11.3 Å². The number of nitrogens with zero attached hydrogens (tertiary/aromatic N) is 1. The number of ether oxygens (including phenoxy) is 1. The maximum absolute atomic E-state index is 13.0. The number of urea groups is 1. The summed E-state index contributed by atoms with van der Waals surface area (Å²) < 4.78 is 6.05. The van der Waals surface area contributed by atoms with Gasteiger partial charge in [-0.05, 0) is 42.7 Å². The van der Waals surface area contributed by atoms with Gasteiger partial charge in [-0.2, -0.15) is 0 Å². The summed E-state index contributed by atoms with van der Waals surface area (Å²) >= 11 is 0. The molecule has 0 saturated carbocycles. The summed E-state index contributed by atoms with van der Waals surface area (Å²) in [7, 11) is 0. The highest BCUT2D eigenvalue weighted by Gasteiger charge is 2.63. The molecule has 2 N–H and O–H groups in total. The van der Waals surface area contributed by atoms with E-state index in [1.807, 2.05) is 44.2 Å². The number of carboxylic acid groups (broad SMARTS) is 1. The number of β-lactam (4-membered cyclic amide) rings is 1. The topological polar surface area (TPSA) is 95.9 Å². The molecule has 1 saturated heterocycles. The van der Waals surface area contributed by atoms with Gasteiger partial charge in [0.1, 0.15) is 11.2 Å². The highest BCUT2D eigenvalue weighted by Crippen LogP contribution is 2.46. The molecule has 7 nitrogen and oxygen atoms in total. The zero-order valence-electron chi connectivity index (χ0n) is 17.1. The first-order valence-electron chi connectivity index (χ1n) is 10.1. The number of carboxylic acids is 1. The van der Waals surface area contributed by atoms with Gasteiger partial charge >= 0.3 is 12.0 Å². The maximum Gasteiger partial charge on any atom is 0.335 e. The number of aromatic carboxylic acids is 1. The maximum atomic E-state index is 13.0. The number of nitrogens with one attached hydrogen (secondary N) is 1. The predicted octanol–water partition coefficient (Wildman–Crippen LogP) is 4.04. The molecule has 3 amide bonds. The minimum atomic E-state index is -1.03. The molecule has 1 aliphatic rings. The molecule has 0 radical (unpaired) electrons. The number of likely N-dealkylation sites (tertiary alicyclic amines) is 1. The monoisotopic (exact) mass is 410 g/mol. The second-order valence-electron chi connectivity index (χ2n) is 7.38. The van der Waals surface area contributed by atoms with Crippen LogP contribution in [0.15, 0.2) is 54.6 Å². The van der Waals surface area contributed by atoms with Gasteiger partial charge in [0.15, 0.2) is 6.23 Å². The van der Waals surface area contributed by atoms with Crippen molar-refractivity contribution in [2.24, 2.45) is 5.41 Å². The van der Waals surface area contributed by atoms with Crippen LogP contribution >= 0.6 is 0 Å². The molecule has 0 unspecified atom stereocenters. The van der Waals surface area contributed by atoms with Crippen LogP contribution in [0.5, 0.6) is 5.75 Å². The third-order valence-electron chi connectivity index (χ3n) is 5.53. The van der Waals surface area contributed by atoms with Gasteiger partial charge in [-0.3, -0.25) is 4.79 Å². The van der Waals surface area contributed by atoms with Crippen LogP contribution in [0.25, 0.3) is 0 Å². The first-order valence-corrected chi connectivity index (χ1v) is 10.1. The molecule has 0 aliphatic carbocycles. The van der Waals surface area contributed by atoms with E-state index >= 15 is 0 Å². The molecule has 1 aliphatic heterocycles. The van der Waals surface area contributed by atoms with E-state index in [0.29, 0.717) is 25.1 Å². The van der Waals surface area contributed by atoms with E-state index in [1.54, 1.807) is 12.1 Å². The van der Waals surface area contributed by atoms with Crippen molar-refractivity contribution in [2.45, 2.75) is 45.9 Å². The van der Waals surface area contributed by atoms with E-state index in [4.69, 9.17) is 9.84 Å². The Kier molecular flexibility index (Phi) is 6.40. The first-order chi connectivity index (χ1) is 14.4. The van der Waals surface area contributed by atoms with E-state index < -0.39 is 23.6 Å². The molecule has 0 aromatic heterocycles. The van der Waals surface area contributed by atoms with Crippen LogP contribution in [0.3, 0.4) is 0 Å². The molecule has 2 aromatic carbocycles. The van der Waals surface area contributed by atoms with Gasteiger partial charge in [-0.25, -0.2) is 14.5 Å². The summed E-state index contributed by atoms with van der Waals surface area (Å²) in [5.74, 6) is -0.868. The van der Waals surface area contributed by atoms with Crippen LogP contribution in [0.2, 0.25) is 0 Å². The summed E-state index contributed by atoms with van der Waals surface area (Å²) in [5, 5.41) is 11.8. The molecule has 30 heavy (non-hydrogen) atoms. The number of amides is 3. The Hall–Kier alpha value is -3.35. The lowest BCUT2D eigenvalue weighted by atomic mass is 9.70. The third-order valence-corrected chi connectivity index (χ3v) is 5.53. The van der Waals surface area contributed by atoms with Gasteiger partial charge in [0.25, 0.3) is 0 Å². The molecule has 3 rings (SSSR count). The quantitative estimate of drug-likeness (QED) is 0.641. The average molecular weight is 410 g/mol. The molecule has 2 atom stereocenters. The van der Waals surface area contributed by atoms with Crippen molar-refractivity contribution in [3.05, 3.63) is 65.7 Å². The highest BCUT2D eigenvalue weighted by molar-refractivity contribution is 6.03. The molecular formula is C23H26N2O5. The fourth-order valence-corrected chi connectivity index (χ4v) is 3.84. The van der Waals surface area contributed by atoms with Crippen LogP contribution in [0.1, 0.15) is 49.0 Å². The van der Waals surface area contributed by atoms with E-state index in [-0.39, 0.29) is 11.5 Å². The fraction of sp³-hybridized carbons (Fsp3) is 0.348. The van der Waals surface area contributed by atoms with Gasteiger partial charge in [-0.1, -0.05) is 50.6 Å². The third kappa shape index (κ3) is 4.01. The fourth-order valence-electron chi connectivity index (χ4n) is 3.84. The average Bonchev–Trinajstić information content (AvgIpc) is 2.76. The Labute approximate surface area is 175 Å². The van der Waals surface area contributed by atoms with Gasteiger partial charge < -0.3 is 15.2 Å². The lowest BCUT2D eigenvalue weighted by Crippen LogP contribution is -2.73. The van der Waals surface area contributed by atoms with E-state index in [2.05, 4.69) is 5.32 Å². The second-order valence-corrected chi connectivity index (χ2v) is 7.38. The van der Waals surface area contributed by atoms with Crippen molar-refractivity contribution < 1.29 is 24.2 Å². The second kappa shape index (κ2) is 8.98. The van der Waals surface area contributed by atoms with Gasteiger partial charge in [0, 0.05) is 6.54 Å². The molecule has 0 bridgehead atoms. The molecule has 1 fully saturated rings. The molecule has 2 aromatic rings. The number of hydrogen-bond donors (Lipinski definition) is 2. The van der Waals surface area contributed by atoms with E-state index in [1.165, 1.54) is 12.1 Å². The summed E-state index contributed by atoms with van der Waals surface area (Å²) in [6.45, 7) is 4.20. The van der Waals surface area contributed by atoms with Gasteiger partial charge in [0.05, 0.1) is 5.56 Å². The highest BCUT2D eigenvalue weighted by atomic mass is 16.5. The van der Waals surface area contributed by atoms with Crippen molar-refractivity contribution in [1.82, 2.24) is 10.2 Å². The largest absolute Gasteiger partial charge is 0.478 e. The van der Waals surface area contributed by atoms with Crippen LogP contribution < -0.4 is 10.1 Å². The number of hydrogen-bond acceptors (Lipinski definition) is 4. The molecule has 7 heteroatoms. The molecule has 158 valence electrons. The Morgan fingerprint density at radius 2 is 1.77 bits per heavy atom. The van der Waals surface area contributed by atoms with Crippen LogP contribution in [-0.4, -0.2) is 34.1 Å². The van der Waals surface area contributed by atoms with E-state index in [0.717, 1.165) is 16.9 Å². The number of carbonyl (C=O) groups excluding carboxylic acids is 2. The Morgan fingerprint density at radius 3 is 2.33 bits per heavy atom. The first kappa shape index (κ1) is 21.4. The zero-order chi connectivity index (χ0) is 21.7. The van der Waals surface area contributed by atoms with Crippen LogP contribution in [0.4, 0.5) is 4.79 Å². The standard InChI is InChI=1S/C23H26N2O5/c1-3-14-23(4-2)20(28)25(22(29)24-15-16-8-6-5-7-9-16)21(23)30-18-12-10-17(11-13-18)19(26)27/h5-13,21H,3-4,14-15H2,1-2H3,(H,24,29)(H,26,27)/t21-,23-/m0/s1. The minimum Gasteiger partial charge on any atom is -0.478 e. The Balaban J connectivity index is 1.79. The van der Waals surface area contributed by atoms with E-state index in [9.17, 15) is 14.4 Å². The van der Waals surface area contributed by atoms with Crippen molar-refractivity contribution in [2.75, 3.05) is 0 Å². The van der Waals surface area contributed by atoms with Gasteiger partial charge in [-0.15, -0.1) is 0 Å². The summed E-state index contributed by atoms with van der Waals surface area (Å²) in [6.07, 6.45) is 1.17. The Morgan fingerprint density at radius 1 is 1.10 bits per heavy atom. The minimum absolute atomic E-state index is 0.139. The predicted molar refractivity (Wildman–Crippen MR) is 111 cm³/mol. The summed E-state index contributed by atoms with van der Waals surface area (Å²) in [5.41, 5.74) is 0.292. The molecule has 0 spiro atoms. The summed E-state index contributed by atoms with van der Waals surface area (Å²) in [6, 6.07) is 14.9. The van der Waals surface area contributed by atoms with Crippen molar-refractivity contribution in [3.63, 3.8) is 0 Å². The van der Waals surface area contributed by atoms with Crippen molar-refractivity contribution in [3.8, 4) is 5.75 Å². The van der Waals surface area contributed by atoms with Crippen molar-refractivity contribution in [1.29, 1.82) is 0 Å². The summed E-state index contributed by atoms with van der Waals surface area (Å²) in [4.78, 5) is 38.0. The SMILES string of the molecule is CCC[C@@]1(CC)C(=O)N(C(=O)NCc2ccccc2)[C@H]1Oc1ccc(C(=O)O)cc1. The zero-order valence-corrected chi connectivity index (χ0v) is 17.1. The Bertz CT molecular complexity index is 913. The number of rotatable bonds is 8. The lowest BCUT2D eigenvalue weighted by molar-refractivity contribution is -0.191. The van der Waals surface area contributed by atoms with Crippen LogP contribution in [0, 0.1) is 5.41 Å². The van der Waals surface area contributed by atoms with Crippen molar-refractivity contribution >= 4 is 17.9 Å². The van der Waals surface area contributed by atoms with Gasteiger partial charge in [0.2, 0.25) is 5.91 Å². The number of imide groups is 1. The lowest BCUT2D eigenvalue weighted by Gasteiger charge is -2.53. The number of benzene rings is 2. The normalized spacial score (nSPS) is 20.4. The number of carbonyl (C=O) groups is 3. The smallest absolute Gasteiger partial charge is 0.335 e. The molecular weight excluding hydrogens is 384 g/mol.